The van der Waals surface area contributed by atoms with Crippen molar-refractivity contribution in [3.63, 3.8) is 0 Å². The number of carbonyl (C=O) groups is 1. The third-order valence-corrected chi connectivity index (χ3v) is 6.53. The fourth-order valence-electron chi connectivity index (χ4n) is 4.02. The highest BCUT2D eigenvalue weighted by Crippen LogP contribution is 2.41. The number of thiazole rings is 1. The molecular weight excluding hydrogens is 440 g/mol. The number of fused-ring (bicyclic) bond motifs is 2. The van der Waals surface area contributed by atoms with Crippen LogP contribution in [0.15, 0.2) is 42.6 Å². The molecule has 0 saturated carbocycles. The SMILES string of the molecule is COc1ccc2nc(-n3ncc4c3NC(=O)C[C@H]4c3ccc(OC(C)C)c(OC)c3)sc2c1. The number of benzene rings is 2. The minimum Gasteiger partial charge on any atom is -0.497 e. The molecule has 5 rings (SSSR count). The van der Waals surface area contributed by atoms with Gasteiger partial charge in [0.1, 0.15) is 11.6 Å². The molecular formula is C24H24N4O4S. The predicted molar refractivity (Wildman–Crippen MR) is 127 cm³/mol. The van der Waals surface area contributed by atoms with Crippen LogP contribution in [0.3, 0.4) is 0 Å². The molecule has 0 unspecified atom stereocenters. The van der Waals surface area contributed by atoms with Gasteiger partial charge in [-0.3, -0.25) is 4.79 Å². The number of anilines is 1. The lowest BCUT2D eigenvalue weighted by atomic mass is 9.87. The van der Waals surface area contributed by atoms with Gasteiger partial charge in [0, 0.05) is 17.9 Å². The van der Waals surface area contributed by atoms with Crippen LogP contribution in [0.25, 0.3) is 15.3 Å². The van der Waals surface area contributed by atoms with E-state index in [9.17, 15) is 4.79 Å². The standard InChI is InChI=1S/C24H24N4O4S/c1-13(2)32-19-8-5-14(9-20(19)31-4)16-11-22(29)27-23-17(16)12-25-28(23)24-26-18-7-6-15(30-3)10-21(18)33-24/h5-10,12-13,16H,11H2,1-4H3,(H,27,29)/t16-/m0/s1. The van der Waals surface area contributed by atoms with Crippen LogP contribution in [-0.4, -0.2) is 41.0 Å². The summed E-state index contributed by atoms with van der Waals surface area (Å²) >= 11 is 1.49. The van der Waals surface area contributed by atoms with Gasteiger partial charge < -0.3 is 19.5 Å². The first-order chi connectivity index (χ1) is 16.0. The van der Waals surface area contributed by atoms with Gasteiger partial charge in [-0.25, -0.2) is 4.98 Å². The van der Waals surface area contributed by atoms with Crippen LogP contribution >= 0.6 is 11.3 Å². The van der Waals surface area contributed by atoms with Gasteiger partial charge in [-0.05, 0) is 49.7 Å². The van der Waals surface area contributed by atoms with E-state index < -0.39 is 0 Å². The van der Waals surface area contributed by atoms with Crippen molar-refractivity contribution in [2.45, 2.75) is 32.3 Å². The van der Waals surface area contributed by atoms with Crippen molar-refractivity contribution in [2.24, 2.45) is 0 Å². The zero-order valence-electron chi connectivity index (χ0n) is 18.8. The van der Waals surface area contributed by atoms with Crippen molar-refractivity contribution in [1.82, 2.24) is 14.8 Å². The lowest BCUT2D eigenvalue weighted by Crippen LogP contribution is -2.24. The number of carbonyl (C=O) groups excluding carboxylic acids is 1. The van der Waals surface area contributed by atoms with E-state index in [0.717, 1.165) is 27.1 Å². The second-order valence-corrected chi connectivity index (χ2v) is 9.08. The van der Waals surface area contributed by atoms with Crippen LogP contribution < -0.4 is 19.5 Å². The molecule has 1 amide bonds. The van der Waals surface area contributed by atoms with Gasteiger partial charge in [0.15, 0.2) is 11.5 Å². The molecule has 3 heterocycles. The summed E-state index contributed by atoms with van der Waals surface area (Å²) in [5.74, 6) is 2.51. The van der Waals surface area contributed by atoms with Crippen molar-refractivity contribution < 1.29 is 19.0 Å². The monoisotopic (exact) mass is 464 g/mol. The number of aromatic nitrogens is 3. The molecule has 1 N–H and O–H groups in total. The molecule has 2 aromatic heterocycles. The Morgan fingerprint density at radius 2 is 1.97 bits per heavy atom. The number of hydrogen-bond acceptors (Lipinski definition) is 7. The third kappa shape index (κ3) is 3.89. The van der Waals surface area contributed by atoms with Crippen LogP contribution in [0.2, 0.25) is 0 Å². The molecule has 9 heteroatoms. The van der Waals surface area contributed by atoms with Gasteiger partial charge in [-0.15, -0.1) is 0 Å². The van der Waals surface area contributed by atoms with Gasteiger partial charge in [0.25, 0.3) is 0 Å². The van der Waals surface area contributed by atoms with Crippen LogP contribution in [-0.2, 0) is 4.79 Å². The van der Waals surface area contributed by atoms with Crippen LogP contribution in [0, 0.1) is 0 Å². The number of nitrogens with one attached hydrogen (secondary N) is 1. The summed E-state index contributed by atoms with van der Waals surface area (Å²) < 4.78 is 19.4. The van der Waals surface area contributed by atoms with Crippen LogP contribution in [0.5, 0.6) is 17.2 Å². The molecule has 4 aromatic rings. The quantitative estimate of drug-likeness (QED) is 0.443. The average Bonchev–Trinajstić information content (AvgIpc) is 3.41. The zero-order valence-corrected chi connectivity index (χ0v) is 19.6. The van der Waals surface area contributed by atoms with Crippen LogP contribution in [0.4, 0.5) is 5.82 Å². The Morgan fingerprint density at radius 3 is 2.73 bits per heavy atom. The lowest BCUT2D eigenvalue weighted by molar-refractivity contribution is -0.116. The summed E-state index contributed by atoms with van der Waals surface area (Å²) in [5, 5.41) is 8.24. The Labute approximate surface area is 195 Å². The Bertz CT molecular complexity index is 1340. The van der Waals surface area contributed by atoms with Crippen LogP contribution in [0.1, 0.15) is 37.3 Å². The first-order valence-corrected chi connectivity index (χ1v) is 11.5. The second-order valence-electron chi connectivity index (χ2n) is 8.07. The zero-order chi connectivity index (χ0) is 23.1. The maximum Gasteiger partial charge on any atom is 0.226 e. The van der Waals surface area contributed by atoms with Crippen molar-refractivity contribution in [1.29, 1.82) is 0 Å². The highest BCUT2D eigenvalue weighted by Gasteiger charge is 2.31. The van der Waals surface area contributed by atoms with Crippen molar-refractivity contribution in [3.8, 4) is 22.4 Å². The molecule has 0 bridgehead atoms. The summed E-state index contributed by atoms with van der Waals surface area (Å²) in [5.41, 5.74) is 2.75. The Balaban J connectivity index is 1.55. The van der Waals surface area contributed by atoms with E-state index >= 15 is 0 Å². The number of hydrogen-bond donors (Lipinski definition) is 1. The van der Waals surface area contributed by atoms with E-state index in [1.165, 1.54) is 11.3 Å². The predicted octanol–water partition coefficient (Wildman–Crippen LogP) is 4.76. The van der Waals surface area contributed by atoms with E-state index in [1.807, 2.05) is 50.2 Å². The fourth-order valence-corrected chi connectivity index (χ4v) is 4.98. The fraction of sp³-hybridized carbons (Fsp3) is 0.292. The molecule has 8 nitrogen and oxygen atoms in total. The maximum atomic E-state index is 12.7. The van der Waals surface area contributed by atoms with E-state index in [-0.39, 0.29) is 17.9 Å². The van der Waals surface area contributed by atoms with Gasteiger partial charge in [0.05, 0.1) is 36.7 Å². The Hall–Kier alpha value is -3.59. The normalized spacial score (nSPS) is 15.4. The van der Waals surface area contributed by atoms with Crippen molar-refractivity contribution in [3.05, 3.63) is 53.7 Å². The molecule has 1 atom stereocenters. The van der Waals surface area contributed by atoms with E-state index in [1.54, 1.807) is 25.1 Å². The van der Waals surface area contributed by atoms with Gasteiger partial charge in [-0.2, -0.15) is 9.78 Å². The maximum absolute atomic E-state index is 12.7. The summed E-state index contributed by atoms with van der Waals surface area (Å²) in [7, 11) is 3.25. The molecule has 1 aliphatic rings. The van der Waals surface area contributed by atoms with E-state index in [2.05, 4.69) is 10.4 Å². The molecule has 0 fully saturated rings. The van der Waals surface area contributed by atoms with E-state index in [0.29, 0.717) is 28.9 Å². The number of rotatable bonds is 6. The van der Waals surface area contributed by atoms with Crippen molar-refractivity contribution >= 4 is 33.3 Å². The first kappa shape index (κ1) is 21.3. The summed E-state index contributed by atoms with van der Waals surface area (Å²) in [6, 6.07) is 11.5. The molecule has 2 aromatic carbocycles. The second kappa shape index (κ2) is 8.40. The molecule has 170 valence electrons. The van der Waals surface area contributed by atoms with Gasteiger partial charge >= 0.3 is 0 Å². The molecule has 0 radical (unpaired) electrons. The van der Waals surface area contributed by atoms with Crippen molar-refractivity contribution in [2.75, 3.05) is 19.5 Å². The molecule has 33 heavy (non-hydrogen) atoms. The number of amides is 1. The molecule has 1 aliphatic heterocycles. The number of ether oxygens (including phenoxy) is 3. The summed E-state index contributed by atoms with van der Waals surface area (Å²) in [4.78, 5) is 17.4. The first-order valence-electron chi connectivity index (χ1n) is 10.6. The number of nitrogens with zero attached hydrogens (tertiary/aromatic N) is 3. The Kier molecular flexibility index (Phi) is 5.41. The molecule has 0 spiro atoms. The highest BCUT2D eigenvalue weighted by molar-refractivity contribution is 7.20. The molecule has 0 aliphatic carbocycles. The minimum absolute atomic E-state index is 0.0313. The van der Waals surface area contributed by atoms with Gasteiger partial charge in [0.2, 0.25) is 11.0 Å². The smallest absolute Gasteiger partial charge is 0.226 e. The van der Waals surface area contributed by atoms with Gasteiger partial charge in [-0.1, -0.05) is 17.4 Å². The molecule has 0 saturated heterocycles. The largest absolute Gasteiger partial charge is 0.497 e. The average molecular weight is 465 g/mol. The Morgan fingerprint density at radius 1 is 1.12 bits per heavy atom. The topological polar surface area (TPSA) is 87.5 Å². The third-order valence-electron chi connectivity index (χ3n) is 5.54. The number of methoxy groups -OCH3 is 2. The minimum atomic E-state index is -0.154. The van der Waals surface area contributed by atoms with E-state index in [4.69, 9.17) is 19.2 Å². The summed E-state index contributed by atoms with van der Waals surface area (Å²) in [6.45, 7) is 3.94. The lowest BCUT2D eigenvalue weighted by Gasteiger charge is -2.24. The summed E-state index contributed by atoms with van der Waals surface area (Å²) in [6.07, 6.45) is 2.16. The highest BCUT2D eigenvalue weighted by atomic mass is 32.1.